The zero-order chi connectivity index (χ0) is 11.3. The Labute approximate surface area is 105 Å². The van der Waals surface area contributed by atoms with E-state index in [9.17, 15) is 0 Å². The Hall–Kier alpha value is -0.0600. The molecule has 0 N–H and O–H groups in total. The first-order valence-corrected chi connectivity index (χ1v) is 7.17. The maximum Gasteiger partial charge on any atom is 0.220 e. The van der Waals surface area contributed by atoms with E-state index < -0.39 is 0 Å². The molecule has 1 unspecified atom stereocenters. The van der Waals surface area contributed by atoms with Crippen LogP contribution in [0.2, 0.25) is 0 Å². The van der Waals surface area contributed by atoms with Crippen LogP contribution >= 0.6 is 35.3 Å². The molecule has 1 atom stereocenters. The third kappa shape index (κ3) is 4.13. The molecule has 1 heterocycles. The van der Waals surface area contributed by atoms with Crippen molar-refractivity contribution in [3.8, 4) is 0 Å². The summed E-state index contributed by atoms with van der Waals surface area (Å²) in [5.41, 5.74) is 0. The van der Waals surface area contributed by atoms with Gasteiger partial charge in [-0.2, -0.15) is 0 Å². The average Bonchev–Trinajstić information content (AvgIpc) is 2.61. The first-order valence-electron chi connectivity index (χ1n) is 5.07. The molecule has 0 saturated heterocycles. The first-order chi connectivity index (χ1) is 7.17. The lowest BCUT2D eigenvalue weighted by Crippen LogP contribution is -2.00. The van der Waals surface area contributed by atoms with Crippen LogP contribution in [0.5, 0.6) is 0 Å². The Morgan fingerprint density at radius 3 is 2.73 bits per heavy atom. The summed E-state index contributed by atoms with van der Waals surface area (Å²) >= 11 is 8.65. The summed E-state index contributed by atoms with van der Waals surface area (Å²) in [4.78, 5) is 2.74. The van der Waals surface area contributed by atoms with Crippen molar-refractivity contribution in [1.29, 1.82) is 0 Å². The van der Waals surface area contributed by atoms with Gasteiger partial charge in [0.05, 0.1) is 6.61 Å². The van der Waals surface area contributed by atoms with Gasteiger partial charge in [0, 0.05) is 15.0 Å². The monoisotopic (exact) mass is 260 g/mol. The highest BCUT2D eigenvalue weighted by Crippen LogP contribution is 2.37. The number of thiophene rings is 1. The molecule has 0 aliphatic rings. The van der Waals surface area contributed by atoms with Crippen LogP contribution in [0.4, 0.5) is 0 Å². The van der Waals surface area contributed by atoms with Gasteiger partial charge in [-0.1, -0.05) is 18.7 Å². The van der Waals surface area contributed by atoms with Crippen molar-refractivity contribution in [2.24, 2.45) is 0 Å². The Morgan fingerprint density at radius 1 is 1.53 bits per heavy atom. The van der Waals surface area contributed by atoms with Gasteiger partial charge in [-0.25, -0.2) is 0 Å². The minimum atomic E-state index is 0.447. The van der Waals surface area contributed by atoms with Gasteiger partial charge in [-0.15, -0.1) is 11.3 Å². The lowest BCUT2D eigenvalue weighted by Gasteiger charge is -2.12. The van der Waals surface area contributed by atoms with E-state index in [1.807, 2.05) is 18.3 Å². The molecule has 1 nitrogen and oxygen atoms in total. The molecule has 4 heteroatoms. The Bertz CT molecular complexity index is 319. The van der Waals surface area contributed by atoms with Crippen molar-refractivity contribution < 1.29 is 4.74 Å². The molecule has 84 valence electrons. The van der Waals surface area contributed by atoms with E-state index in [4.69, 9.17) is 17.0 Å². The molecule has 15 heavy (non-hydrogen) atoms. The second-order valence-electron chi connectivity index (χ2n) is 3.15. The SMILES string of the molecule is CCOC(=S)SC(CC)c1ccc(C)s1. The summed E-state index contributed by atoms with van der Waals surface area (Å²) in [6.07, 6.45) is 1.08. The van der Waals surface area contributed by atoms with Crippen molar-refractivity contribution in [2.75, 3.05) is 6.61 Å². The van der Waals surface area contributed by atoms with Crippen LogP contribution in [-0.2, 0) is 4.74 Å². The summed E-state index contributed by atoms with van der Waals surface area (Å²) in [7, 11) is 0. The van der Waals surface area contributed by atoms with Crippen molar-refractivity contribution in [1.82, 2.24) is 0 Å². The van der Waals surface area contributed by atoms with Gasteiger partial charge in [0.25, 0.3) is 0 Å². The van der Waals surface area contributed by atoms with Gasteiger partial charge in [-0.3, -0.25) is 0 Å². The highest BCUT2D eigenvalue weighted by atomic mass is 32.2. The second-order valence-corrected chi connectivity index (χ2v) is 6.27. The van der Waals surface area contributed by atoms with Gasteiger partial charge in [0.2, 0.25) is 4.38 Å². The molecule has 0 aliphatic heterocycles. The van der Waals surface area contributed by atoms with E-state index in [1.54, 1.807) is 11.8 Å². The Morgan fingerprint density at radius 2 is 2.27 bits per heavy atom. The third-order valence-electron chi connectivity index (χ3n) is 1.95. The minimum absolute atomic E-state index is 0.447. The number of rotatable bonds is 4. The zero-order valence-electron chi connectivity index (χ0n) is 9.28. The molecule has 0 fully saturated rings. The Balaban J connectivity index is 2.60. The fraction of sp³-hybridized carbons (Fsp3) is 0.545. The largest absolute Gasteiger partial charge is 0.479 e. The summed E-state index contributed by atoms with van der Waals surface area (Å²) in [6, 6.07) is 4.35. The van der Waals surface area contributed by atoms with Gasteiger partial charge < -0.3 is 4.74 Å². The predicted molar refractivity (Wildman–Crippen MR) is 73.9 cm³/mol. The quantitative estimate of drug-likeness (QED) is 0.734. The van der Waals surface area contributed by atoms with Crippen molar-refractivity contribution in [3.05, 3.63) is 21.9 Å². The summed E-state index contributed by atoms with van der Waals surface area (Å²) < 4.78 is 5.96. The lowest BCUT2D eigenvalue weighted by atomic mass is 10.3. The second kappa shape index (κ2) is 6.51. The van der Waals surface area contributed by atoms with E-state index >= 15 is 0 Å². The molecule has 0 radical (unpaired) electrons. The first kappa shape index (κ1) is 13.0. The van der Waals surface area contributed by atoms with Gasteiger partial charge in [0.15, 0.2) is 0 Å². The van der Waals surface area contributed by atoms with Crippen LogP contribution in [0.25, 0.3) is 0 Å². The highest BCUT2D eigenvalue weighted by molar-refractivity contribution is 8.22. The van der Waals surface area contributed by atoms with E-state index in [0.29, 0.717) is 16.2 Å². The van der Waals surface area contributed by atoms with Crippen molar-refractivity contribution in [2.45, 2.75) is 32.4 Å². The van der Waals surface area contributed by atoms with Crippen LogP contribution < -0.4 is 0 Å². The molecule has 0 spiro atoms. The topological polar surface area (TPSA) is 9.23 Å². The molecule has 1 aromatic heterocycles. The molecule has 0 saturated carbocycles. The number of thioether (sulfide) groups is 1. The van der Waals surface area contributed by atoms with Gasteiger partial charge in [-0.05, 0) is 44.6 Å². The summed E-state index contributed by atoms with van der Waals surface area (Å²) in [5.74, 6) is 0. The normalized spacial score (nSPS) is 12.5. The maximum atomic E-state index is 5.30. The summed E-state index contributed by atoms with van der Waals surface area (Å²) in [5, 5.41) is 0.447. The number of ether oxygens (including phenoxy) is 1. The van der Waals surface area contributed by atoms with E-state index in [0.717, 1.165) is 6.42 Å². The molecular weight excluding hydrogens is 244 g/mol. The van der Waals surface area contributed by atoms with Gasteiger partial charge in [0.1, 0.15) is 0 Å². The smallest absolute Gasteiger partial charge is 0.220 e. The average molecular weight is 260 g/mol. The van der Waals surface area contributed by atoms with Crippen molar-refractivity contribution >= 4 is 39.7 Å². The predicted octanol–water partition coefficient (Wildman–Crippen LogP) is 4.56. The minimum Gasteiger partial charge on any atom is -0.479 e. The molecule has 1 aromatic rings. The van der Waals surface area contributed by atoms with E-state index in [1.165, 1.54) is 9.75 Å². The van der Waals surface area contributed by atoms with Crippen LogP contribution in [0.1, 0.15) is 35.3 Å². The standard InChI is InChI=1S/C11H16OS3/c1-4-9(15-11(13)12-5-2)10-7-6-8(3)14-10/h6-7,9H,4-5H2,1-3H3. The molecule has 0 aromatic carbocycles. The van der Waals surface area contributed by atoms with Crippen LogP contribution in [0.3, 0.4) is 0 Å². The number of hydrogen-bond acceptors (Lipinski definition) is 4. The van der Waals surface area contributed by atoms with Crippen LogP contribution in [0, 0.1) is 6.92 Å². The van der Waals surface area contributed by atoms with E-state index in [2.05, 4.69) is 26.0 Å². The molecule has 0 bridgehead atoms. The number of hydrogen-bond donors (Lipinski definition) is 0. The molecule has 0 aliphatic carbocycles. The Kier molecular flexibility index (Phi) is 5.64. The fourth-order valence-corrected chi connectivity index (χ4v) is 3.71. The molecular formula is C11H16OS3. The third-order valence-corrected chi connectivity index (χ3v) is 4.80. The maximum absolute atomic E-state index is 5.30. The van der Waals surface area contributed by atoms with E-state index in [-0.39, 0.29) is 0 Å². The number of aryl methyl sites for hydroxylation is 1. The highest BCUT2D eigenvalue weighted by Gasteiger charge is 2.14. The van der Waals surface area contributed by atoms with Gasteiger partial charge >= 0.3 is 0 Å². The van der Waals surface area contributed by atoms with Crippen LogP contribution in [0.15, 0.2) is 12.1 Å². The van der Waals surface area contributed by atoms with Crippen molar-refractivity contribution in [3.63, 3.8) is 0 Å². The fourth-order valence-electron chi connectivity index (χ4n) is 1.24. The lowest BCUT2D eigenvalue weighted by molar-refractivity contribution is 0.346. The molecule has 0 amide bonds. The summed E-state index contributed by atoms with van der Waals surface area (Å²) in [6.45, 7) is 6.93. The number of thiocarbonyl (C=S) groups is 1. The van der Waals surface area contributed by atoms with Crippen LogP contribution in [-0.4, -0.2) is 11.0 Å². The molecule has 1 rings (SSSR count). The zero-order valence-corrected chi connectivity index (χ0v) is 11.7.